The fourth-order valence-electron chi connectivity index (χ4n) is 2.09. The molecule has 0 radical (unpaired) electrons. The molecule has 0 atom stereocenters. The monoisotopic (exact) mass is 283 g/mol. The van der Waals surface area contributed by atoms with Gasteiger partial charge in [0, 0.05) is 19.3 Å². The molecule has 0 aromatic carbocycles. The molecule has 6 heteroatoms. The predicted molar refractivity (Wildman–Crippen MR) is 74.9 cm³/mol. The quantitative estimate of drug-likeness (QED) is 0.827. The lowest BCUT2D eigenvalue weighted by atomic mass is 10.3. The summed E-state index contributed by atoms with van der Waals surface area (Å²) in [7, 11) is 0. The van der Waals surface area contributed by atoms with Crippen molar-refractivity contribution in [2.75, 3.05) is 37.7 Å². The SMILES string of the molecule is CCN(CC)CCN1C(=O)COc2ncc(Cl)cc21. The van der Waals surface area contributed by atoms with E-state index in [-0.39, 0.29) is 12.5 Å². The molecule has 0 unspecified atom stereocenters. The molecule has 5 nitrogen and oxygen atoms in total. The molecular formula is C13H18ClN3O2. The van der Waals surface area contributed by atoms with Gasteiger partial charge < -0.3 is 14.5 Å². The molecule has 0 aliphatic carbocycles. The van der Waals surface area contributed by atoms with Crippen molar-refractivity contribution in [1.29, 1.82) is 0 Å². The van der Waals surface area contributed by atoms with Crippen molar-refractivity contribution in [3.8, 4) is 5.88 Å². The molecule has 1 amide bonds. The van der Waals surface area contributed by atoms with Crippen LogP contribution in [0.1, 0.15) is 13.8 Å². The van der Waals surface area contributed by atoms with E-state index in [1.807, 2.05) is 0 Å². The number of halogens is 1. The van der Waals surface area contributed by atoms with Crippen LogP contribution in [0.2, 0.25) is 5.02 Å². The highest BCUT2D eigenvalue weighted by molar-refractivity contribution is 6.30. The van der Waals surface area contributed by atoms with E-state index in [2.05, 4.69) is 23.7 Å². The molecule has 1 aliphatic rings. The second-order valence-corrected chi connectivity index (χ2v) is 4.78. The Hall–Kier alpha value is -1.33. The first-order valence-corrected chi connectivity index (χ1v) is 6.84. The number of likely N-dealkylation sites (N-methyl/N-ethyl adjacent to an activating group) is 1. The molecule has 19 heavy (non-hydrogen) atoms. The van der Waals surface area contributed by atoms with Crippen LogP contribution in [0.25, 0.3) is 0 Å². The van der Waals surface area contributed by atoms with E-state index in [1.165, 1.54) is 6.20 Å². The lowest BCUT2D eigenvalue weighted by Gasteiger charge is -2.30. The number of pyridine rings is 1. The number of rotatable bonds is 5. The van der Waals surface area contributed by atoms with Gasteiger partial charge in [-0.1, -0.05) is 25.4 Å². The minimum Gasteiger partial charge on any atom is -0.466 e. The zero-order valence-electron chi connectivity index (χ0n) is 11.2. The van der Waals surface area contributed by atoms with E-state index in [9.17, 15) is 4.79 Å². The molecule has 2 heterocycles. The molecule has 0 fully saturated rings. The predicted octanol–water partition coefficient (Wildman–Crippen LogP) is 1.80. The highest BCUT2D eigenvalue weighted by Crippen LogP contribution is 2.31. The van der Waals surface area contributed by atoms with Crippen LogP contribution in [0.3, 0.4) is 0 Å². The number of anilines is 1. The maximum atomic E-state index is 12.0. The standard InChI is InChI=1S/C13H18ClN3O2/c1-3-16(4-2)5-6-17-11-7-10(14)8-15-13(11)19-9-12(17)18/h7-8H,3-6,9H2,1-2H3. The van der Waals surface area contributed by atoms with Gasteiger partial charge >= 0.3 is 0 Å². The third kappa shape index (κ3) is 3.16. The third-order valence-electron chi connectivity index (χ3n) is 3.26. The van der Waals surface area contributed by atoms with Gasteiger partial charge in [0.1, 0.15) is 5.69 Å². The number of carbonyl (C=O) groups excluding carboxylic acids is 1. The molecule has 1 aliphatic heterocycles. The van der Waals surface area contributed by atoms with Gasteiger partial charge in [-0.05, 0) is 19.2 Å². The molecule has 0 saturated heterocycles. The fourth-order valence-corrected chi connectivity index (χ4v) is 2.24. The van der Waals surface area contributed by atoms with E-state index in [1.54, 1.807) is 11.0 Å². The Labute approximate surface area is 118 Å². The zero-order valence-corrected chi connectivity index (χ0v) is 12.0. The van der Waals surface area contributed by atoms with E-state index in [0.29, 0.717) is 23.1 Å². The largest absolute Gasteiger partial charge is 0.466 e. The molecular weight excluding hydrogens is 266 g/mol. The van der Waals surface area contributed by atoms with Gasteiger partial charge in [-0.15, -0.1) is 0 Å². The molecule has 0 spiro atoms. The summed E-state index contributed by atoms with van der Waals surface area (Å²) in [5.41, 5.74) is 0.663. The summed E-state index contributed by atoms with van der Waals surface area (Å²) >= 11 is 5.94. The van der Waals surface area contributed by atoms with E-state index in [0.717, 1.165) is 19.6 Å². The number of amides is 1. The first-order valence-electron chi connectivity index (χ1n) is 6.46. The summed E-state index contributed by atoms with van der Waals surface area (Å²) in [5, 5.41) is 0.505. The van der Waals surface area contributed by atoms with Crippen LogP contribution in [0.4, 0.5) is 5.69 Å². The van der Waals surface area contributed by atoms with Crippen molar-refractivity contribution < 1.29 is 9.53 Å². The fraction of sp³-hybridized carbons (Fsp3) is 0.538. The third-order valence-corrected chi connectivity index (χ3v) is 3.46. The van der Waals surface area contributed by atoms with Crippen LogP contribution < -0.4 is 9.64 Å². The average Bonchev–Trinajstić information content (AvgIpc) is 2.42. The Morgan fingerprint density at radius 3 is 2.89 bits per heavy atom. The second-order valence-electron chi connectivity index (χ2n) is 4.34. The number of aromatic nitrogens is 1. The highest BCUT2D eigenvalue weighted by atomic mass is 35.5. The van der Waals surface area contributed by atoms with Crippen LogP contribution >= 0.6 is 11.6 Å². The van der Waals surface area contributed by atoms with Crippen molar-refractivity contribution in [2.45, 2.75) is 13.8 Å². The van der Waals surface area contributed by atoms with Gasteiger partial charge in [0.2, 0.25) is 5.88 Å². The lowest BCUT2D eigenvalue weighted by Crippen LogP contribution is -2.43. The number of hydrogen-bond acceptors (Lipinski definition) is 4. The number of ether oxygens (including phenoxy) is 1. The van der Waals surface area contributed by atoms with Crippen LogP contribution in [0.5, 0.6) is 5.88 Å². The molecule has 1 aromatic rings. The van der Waals surface area contributed by atoms with E-state index >= 15 is 0 Å². The maximum absolute atomic E-state index is 12.0. The van der Waals surface area contributed by atoms with Crippen LogP contribution in [-0.4, -0.2) is 48.6 Å². The molecule has 2 rings (SSSR count). The zero-order chi connectivity index (χ0) is 13.8. The summed E-state index contributed by atoms with van der Waals surface area (Å²) in [6, 6.07) is 1.73. The van der Waals surface area contributed by atoms with E-state index in [4.69, 9.17) is 16.3 Å². The smallest absolute Gasteiger partial charge is 0.265 e. The number of fused-ring (bicyclic) bond motifs is 1. The molecule has 0 bridgehead atoms. The van der Waals surface area contributed by atoms with Gasteiger partial charge in [0.15, 0.2) is 6.61 Å². The summed E-state index contributed by atoms with van der Waals surface area (Å²) in [6.45, 7) is 7.64. The molecule has 1 aromatic heterocycles. The van der Waals surface area contributed by atoms with Crippen molar-refractivity contribution in [3.05, 3.63) is 17.3 Å². The van der Waals surface area contributed by atoms with Gasteiger partial charge in [0.25, 0.3) is 5.91 Å². The summed E-state index contributed by atoms with van der Waals surface area (Å²) in [4.78, 5) is 20.0. The number of hydrogen-bond donors (Lipinski definition) is 0. The van der Waals surface area contributed by atoms with Gasteiger partial charge in [-0.2, -0.15) is 0 Å². The average molecular weight is 284 g/mol. The van der Waals surface area contributed by atoms with Gasteiger partial charge in [-0.25, -0.2) is 4.98 Å². The maximum Gasteiger partial charge on any atom is 0.265 e. The Morgan fingerprint density at radius 1 is 1.47 bits per heavy atom. The number of carbonyl (C=O) groups is 1. The van der Waals surface area contributed by atoms with Crippen molar-refractivity contribution in [2.24, 2.45) is 0 Å². The Kier molecular flexibility index (Phi) is 4.61. The Balaban J connectivity index is 2.16. The van der Waals surface area contributed by atoms with Crippen LogP contribution in [0, 0.1) is 0 Å². The van der Waals surface area contributed by atoms with Gasteiger partial charge in [-0.3, -0.25) is 4.79 Å². The van der Waals surface area contributed by atoms with Crippen molar-refractivity contribution in [3.63, 3.8) is 0 Å². The second kappa shape index (κ2) is 6.21. The first kappa shape index (κ1) is 14.1. The Bertz CT molecular complexity index is 463. The lowest BCUT2D eigenvalue weighted by molar-refractivity contribution is -0.121. The van der Waals surface area contributed by atoms with Crippen LogP contribution in [0.15, 0.2) is 12.3 Å². The summed E-state index contributed by atoms with van der Waals surface area (Å²) in [5.74, 6) is 0.423. The summed E-state index contributed by atoms with van der Waals surface area (Å²) in [6.07, 6.45) is 1.53. The normalized spacial score (nSPS) is 14.5. The topological polar surface area (TPSA) is 45.7 Å². The first-order chi connectivity index (χ1) is 9.15. The minimum absolute atomic E-state index is 0.0415. The van der Waals surface area contributed by atoms with Crippen molar-refractivity contribution >= 4 is 23.2 Å². The molecule has 104 valence electrons. The highest BCUT2D eigenvalue weighted by Gasteiger charge is 2.26. The van der Waals surface area contributed by atoms with Gasteiger partial charge in [0.05, 0.1) is 5.02 Å². The number of nitrogens with zero attached hydrogens (tertiary/aromatic N) is 3. The van der Waals surface area contributed by atoms with Crippen molar-refractivity contribution in [1.82, 2.24) is 9.88 Å². The van der Waals surface area contributed by atoms with E-state index < -0.39 is 0 Å². The van der Waals surface area contributed by atoms with Crippen LogP contribution in [-0.2, 0) is 4.79 Å². The Morgan fingerprint density at radius 2 is 2.21 bits per heavy atom. The molecule has 0 N–H and O–H groups in total. The minimum atomic E-state index is -0.0521. The summed E-state index contributed by atoms with van der Waals surface area (Å²) < 4.78 is 5.31. The molecule has 0 saturated carbocycles.